The third-order valence-electron chi connectivity index (χ3n) is 5.86. The fraction of sp³-hybridized carbons (Fsp3) is 0.259. The van der Waals surface area contributed by atoms with Crippen molar-refractivity contribution in [3.8, 4) is 0 Å². The van der Waals surface area contributed by atoms with E-state index < -0.39 is 28.5 Å². The van der Waals surface area contributed by atoms with E-state index in [0.717, 1.165) is 9.87 Å². The lowest BCUT2D eigenvalue weighted by molar-refractivity contribution is -0.139. The highest BCUT2D eigenvalue weighted by molar-refractivity contribution is 7.92. The van der Waals surface area contributed by atoms with E-state index >= 15 is 0 Å². The van der Waals surface area contributed by atoms with Crippen molar-refractivity contribution in [2.45, 2.75) is 38.3 Å². The van der Waals surface area contributed by atoms with Gasteiger partial charge >= 0.3 is 0 Å². The average molecular weight is 597 g/mol. The zero-order valence-corrected chi connectivity index (χ0v) is 24.2. The van der Waals surface area contributed by atoms with Gasteiger partial charge in [-0.25, -0.2) is 8.42 Å². The molecule has 3 rings (SSSR count). The predicted octanol–water partition coefficient (Wildman–Crippen LogP) is 5.70. The highest BCUT2D eigenvalue weighted by Gasteiger charge is 2.32. The third-order valence-corrected chi connectivity index (χ3v) is 8.47. The standard InChI is InChI=1S/C27H28Cl3N3O4S/c1-4-31-27(35)19(3)32(16-20-10-11-22(29)15-25(20)30)26(34)17-33(23-7-5-6-21(28)14-23)38(36,37)24-12-8-18(2)9-13-24/h5-15,19H,4,16-17H2,1-3H3,(H,31,35)/t19-/m0/s1. The number of carbonyl (C=O) groups excluding carboxylic acids is 2. The first-order valence-electron chi connectivity index (χ1n) is 11.8. The number of hydrogen-bond acceptors (Lipinski definition) is 4. The second-order valence-corrected chi connectivity index (χ2v) is 11.8. The number of nitrogens with zero attached hydrogens (tertiary/aromatic N) is 2. The highest BCUT2D eigenvalue weighted by atomic mass is 35.5. The van der Waals surface area contributed by atoms with E-state index in [1.54, 1.807) is 56.3 Å². The maximum atomic E-state index is 13.8. The smallest absolute Gasteiger partial charge is 0.264 e. The van der Waals surface area contributed by atoms with Crippen molar-refractivity contribution in [2.24, 2.45) is 0 Å². The molecule has 3 aromatic carbocycles. The minimum Gasteiger partial charge on any atom is -0.355 e. The Bertz CT molecular complexity index is 1420. The Morgan fingerprint density at radius 2 is 1.61 bits per heavy atom. The molecule has 0 aliphatic rings. The molecule has 0 saturated heterocycles. The molecule has 11 heteroatoms. The van der Waals surface area contributed by atoms with Crippen molar-refractivity contribution in [3.63, 3.8) is 0 Å². The summed E-state index contributed by atoms with van der Waals surface area (Å²) in [6, 6.07) is 16.5. The first-order chi connectivity index (χ1) is 17.9. The lowest BCUT2D eigenvalue weighted by Gasteiger charge is -2.32. The lowest BCUT2D eigenvalue weighted by atomic mass is 10.1. The molecule has 2 amide bonds. The Kier molecular flexibility index (Phi) is 10.1. The number of likely N-dealkylation sites (N-methyl/N-ethyl adjacent to an activating group) is 1. The number of sulfonamides is 1. The molecular formula is C27H28Cl3N3O4S. The van der Waals surface area contributed by atoms with Gasteiger partial charge in [-0.2, -0.15) is 0 Å². The summed E-state index contributed by atoms with van der Waals surface area (Å²) in [4.78, 5) is 27.9. The SMILES string of the molecule is CCNC(=O)[C@H](C)N(Cc1ccc(Cl)cc1Cl)C(=O)CN(c1cccc(Cl)c1)S(=O)(=O)c1ccc(C)cc1. The van der Waals surface area contributed by atoms with Crippen LogP contribution in [0.1, 0.15) is 25.0 Å². The van der Waals surface area contributed by atoms with E-state index in [1.165, 1.54) is 29.2 Å². The van der Waals surface area contributed by atoms with Gasteiger partial charge in [-0.15, -0.1) is 0 Å². The van der Waals surface area contributed by atoms with Crippen LogP contribution in [-0.2, 0) is 26.2 Å². The third kappa shape index (κ3) is 7.20. The predicted molar refractivity (Wildman–Crippen MR) is 152 cm³/mol. The summed E-state index contributed by atoms with van der Waals surface area (Å²) >= 11 is 18.6. The Labute approximate surface area is 238 Å². The molecule has 0 unspecified atom stereocenters. The summed E-state index contributed by atoms with van der Waals surface area (Å²) in [6.07, 6.45) is 0. The Balaban J connectivity index is 2.05. The normalized spacial score (nSPS) is 12.1. The number of amides is 2. The second-order valence-electron chi connectivity index (χ2n) is 8.63. The van der Waals surface area contributed by atoms with Crippen LogP contribution in [-0.4, -0.2) is 44.3 Å². The van der Waals surface area contributed by atoms with Crippen LogP contribution in [0.5, 0.6) is 0 Å². The van der Waals surface area contributed by atoms with Crippen LogP contribution >= 0.6 is 34.8 Å². The van der Waals surface area contributed by atoms with Crippen molar-refractivity contribution in [3.05, 3.63) is 92.9 Å². The fourth-order valence-electron chi connectivity index (χ4n) is 3.74. The minimum atomic E-state index is -4.18. The average Bonchev–Trinajstić information content (AvgIpc) is 2.86. The van der Waals surface area contributed by atoms with Gasteiger partial charge in [-0.05, 0) is 68.8 Å². The molecule has 0 spiro atoms. The number of halogens is 3. The van der Waals surface area contributed by atoms with Gasteiger partial charge < -0.3 is 10.2 Å². The maximum absolute atomic E-state index is 13.8. The van der Waals surface area contributed by atoms with Gasteiger partial charge in [0.05, 0.1) is 10.6 Å². The van der Waals surface area contributed by atoms with Crippen molar-refractivity contribution in [1.29, 1.82) is 0 Å². The number of carbonyl (C=O) groups is 2. The van der Waals surface area contributed by atoms with Crippen LogP contribution in [0.2, 0.25) is 15.1 Å². The van der Waals surface area contributed by atoms with Gasteiger partial charge in [-0.3, -0.25) is 13.9 Å². The molecule has 0 aliphatic carbocycles. The van der Waals surface area contributed by atoms with Crippen LogP contribution in [0.3, 0.4) is 0 Å². The van der Waals surface area contributed by atoms with Crippen molar-refractivity contribution >= 4 is 62.3 Å². The summed E-state index contributed by atoms with van der Waals surface area (Å²) in [5.74, 6) is -0.993. The van der Waals surface area contributed by atoms with Gasteiger partial charge in [0.25, 0.3) is 10.0 Å². The van der Waals surface area contributed by atoms with Crippen molar-refractivity contribution in [2.75, 3.05) is 17.4 Å². The summed E-state index contributed by atoms with van der Waals surface area (Å²) in [5.41, 5.74) is 1.65. The van der Waals surface area contributed by atoms with Gasteiger partial charge in [0.1, 0.15) is 12.6 Å². The van der Waals surface area contributed by atoms with Crippen molar-refractivity contribution in [1.82, 2.24) is 10.2 Å². The zero-order chi connectivity index (χ0) is 28.0. The molecule has 3 aromatic rings. The molecule has 1 N–H and O–H groups in total. The van der Waals surface area contributed by atoms with Gasteiger partial charge in [0.2, 0.25) is 11.8 Å². The van der Waals surface area contributed by atoms with E-state index in [0.29, 0.717) is 27.2 Å². The van der Waals surface area contributed by atoms with E-state index in [2.05, 4.69) is 5.32 Å². The first kappa shape index (κ1) is 29.8. The summed E-state index contributed by atoms with van der Waals surface area (Å²) in [5, 5.41) is 3.75. The number of rotatable bonds is 10. The number of aryl methyl sites for hydroxylation is 1. The number of hydrogen-bond donors (Lipinski definition) is 1. The van der Waals surface area contributed by atoms with Crippen LogP contribution in [0.15, 0.2) is 71.6 Å². The number of benzene rings is 3. The van der Waals surface area contributed by atoms with Gasteiger partial charge in [0.15, 0.2) is 0 Å². The molecule has 202 valence electrons. The van der Waals surface area contributed by atoms with E-state index in [9.17, 15) is 18.0 Å². The van der Waals surface area contributed by atoms with Crippen molar-refractivity contribution < 1.29 is 18.0 Å². The molecule has 1 atom stereocenters. The summed E-state index contributed by atoms with van der Waals surface area (Å²) in [7, 11) is -4.18. The number of nitrogens with one attached hydrogen (secondary N) is 1. The molecular weight excluding hydrogens is 569 g/mol. The monoisotopic (exact) mass is 595 g/mol. The highest BCUT2D eigenvalue weighted by Crippen LogP contribution is 2.28. The maximum Gasteiger partial charge on any atom is 0.264 e. The fourth-order valence-corrected chi connectivity index (χ4v) is 5.79. The zero-order valence-electron chi connectivity index (χ0n) is 21.1. The van der Waals surface area contributed by atoms with Crippen LogP contribution in [0, 0.1) is 6.92 Å². The van der Waals surface area contributed by atoms with Gasteiger partial charge in [-0.1, -0.05) is 64.6 Å². The van der Waals surface area contributed by atoms with E-state index in [4.69, 9.17) is 34.8 Å². The molecule has 7 nitrogen and oxygen atoms in total. The first-order valence-corrected chi connectivity index (χ1v) is 14.4. The summed E-state index contributed by atoms with van der Waals surface area (Å²) < 4.78 is 28.5. The molecule has 38 heavy (non-hydrogen) atoms. The lowest BCUT2D eigenvalue weighted by Crippen LogP contribution is -2.51. The topological polar surface area (TPSA) is 86.8 Å². The Morgan fingerprint density at radius 3 is 2.21 bits per heavy atom. The quantitative estimate of drug-likeness (QED) is 0.325. The van der Waals surface area contributed by atoms with E-state index in [-0.39, 0.29) is 23.0 Å². The number of anilines is 1. The molecule has 0 aromatic heterocycles. The van der Waals surface area contributed by atoms with E-state index in [1.807, 2.05) is 6.92 Å². The summed E-state index contributed by atoms with van der Waals surface area (Å²) in [6.45, 7) is 4.93. The Hall–Kier alpha value is -2.78. The molecule has 0 bridgehead atoms. The second kappa shape index (κ2) is 12.8. The minimum absolute atomic E-state index is 0.0138. The molecule has 0 saturated carbocycles. The largest absolute Gasteiger partial charge is 0.355 e. The molecule has 0 aliphatic heterocycles. The van der Waals surface area contributed by atoms with Crippen LogP contribution in [0.4, 0.5) is 5.69 Å². The van der Waals surface area contributed by atoms with Crippen LogP contribution in [0.25, 0.3) is 0 Å². The molecule has 0 fully saturated rings. The van der Waals surface area contributed by atoms with Gasteiger partial charge in [0, 0.05) is 28.2 Å². The molecule has 0 heterocycles. The molecule has 0 radical (unpaired) electrons. The Morgan fingerprint density at radius 1 is 0.947 bits per heavy atom. The van der Waals surface area contributed by atoms with Crippen LogP contribution < -0.4 is 9.62 Å².